The summed E-state index contributed by atoms with van der Waals surface area (Å²) >= 11 is 0. The van der Waals surface area contributed by atoms with Crippen LogP contribution in [0.15, 0.2) is 73.2 Å². The Kier molecular flexibility index (Phi) is 17.5. The normalized spacial score (nSPS) is 14.4. The lowest BCUT2D eigenvalue weighted by Gasteiger charge is -2.24. The zero-order valence-electron chi connectivity index (χ0n) is 26.4. The number of hydrogen-bond donors (Lipinski definition) is 4. The Hall–Kier alpha value is -3.68. The van der Waals surface area contributed by atoms with Gasteiger partial charge in [0.05, 0.1) is 25.1 Å². The van der Waals surface area contributed by atoms with E-state index in [1.807, 2.05) is 60.7 Å². The maximum atomic E-state index is 13.1. The number of halogens is 3. The van der Waals surface area contributed by atoms with Crippen molar-refractivity contribution in [3.05, 3.63) is 84.3 Å². The highest BCUT2D eigenvalue weighted by Gasteiger charge is 2.34. The van der Waals surface area contributed by atoms with E-state index in [2.05, 4.69) is 20.9 Å². The van der Waals surface area contributed by atoms with Crippen LogP contribution in [0, 0.1) is 0 Å². The molecule has 0 unspecified atom stereocenters. The molecule has 0 saturated carbocycles. The number of nitrogens with two attached hydrogens (primary N) is 1. The van der Waals surface area contributed by atoms with Crippen LogP contribution in [0.25, 0.3) is 0 Å². The van der Waals surface area contributed by atoms with Crippen LogP contribution in [0.5, 0.6) is 0 Å². The first-order valence-corrected chi connectivity index (χ1v) is 14.8. The topological polar surface area (TPSA) is 161 Å². The van der Waals surface area contributed by atoms with Gasteiger partial charge in [-0.2, -0.15) is 0 Å². The van der Waals surface area contributed by atoms with E-state index >= 15 is 0 Å². The summed E-state index contributed by atoms with van der Waals surface area (Å²) < 4.78 is 7.27. The van der Waals surface area contributed by atoms with E-state index in [-0.39, 0.29) is 74.6 Å². The predicted molar refractivity (Wildman–Crippen MR) is 187 cm³/mol. The molecular weight excluding hydrogens is 669 g/mol. The molecule has 4 rings (SSSR count). The van der Waals surface area contributed by atoms with Crippen LogP contribution in [0.3, 0.4) is 0 Å². The van der Waals surface area contributed by atoms with Crippen LogP contribution in [0.2, 0.25) is 0 Å². The molecular formula is C32H44Cl3N7O5. The Morgan fingerprint density at radius 2 is 1.64 bits per heavy atom. The Morgan fingerprint density at radius 1 is 1.00 bits per heavy atom. The lowest BCUT2D eigenvalue weighted by molar-refractivity contribution is -0.138. The molecule has 0 spiro atoms. The molecule has 0 aliphatic carbocycles. The van der Waals surface area contributed by atoms with Gasteiger partial charge in [-0.05, 0) is 44.2 Å². The van der Waals surface area contributed by atoms with Crippen molar-refractivity contribution in [1.82, 2.24) is 25.1 Å². The predicted octanol–water partition coefficient (Wildman–Crippen LogP) is 2.88. The van der Waals surface area contributed by atoms with E-state index in [1.165, 1.54) is 12.5 Å². The third-order valence-corrected chi connectivity index (χ3v) is 7.24. The number of carbonyl (C=O) groups excluding carboxylic acids is 4. The maximum Gasteiger partial charge on any atom is 0.250 e. The minimum atomic E-state index is -1.20. The number of imidazole rings is 1. The van der Waals surface area contributed by atoms with Gasteiger partial charge in [-0.15, -0.1) is 37.2 Å². The molecule has 15 heteroatoms. The molecule has 1 aliphatic heterocycles. The molecule has 2 atom stereocenters. The first-order valence-electron chi connectivity index (χ1n) is 14.8. The quantitative estimate of drug-likeness (QED) is 0.200. The minimum Gasteiger partial charge on any atom is -0.374 e. The smallest absolute Gasteiger partial charge is 0.250 e. The monoisotopic (exact) mass is 711 g/mol. The van der Waals surface area contributed by atoms with Crippen molar-refractivity contribution in [2.75, 3.05) is 25.0 Å². The fourth-order valence-corrected chi connectivity index (χ4v) is 4.80. The number of hydrogen-bond acceptors (Lipinski definition) is 7. The molecule has 3 aromatic rings. The largest absolute Gasteiger partial charge is 0.374 e. The summed E-state index contributed by atoms with van der Waals surface area (Å²) in [6.45, 7) is 4.19. The van der Waals surface area contributed by atoms with Crippen molar-refractivity contribution < 1.29 is 23.9 Å². The maximum absolute atomic E-state index is 13.1. The SMILES string of the molecule is CC(C)(N)C(=O)N[C@H](COCc1ccccc1)C(=O)Nc1cn(CC(=O)N2CCC[C@@H]2C(=O)NCCc2ccccc2)cn1.Cl.Cl.Cl. The van der Waals surface area contributed by atoms with Gasteiger partial charge in [0.1, 0.15) is 18.6 Å². The lowest BCUT2D eigenvalue weighted by Crippen LogP contribution is -2.56. The van der Waals surface area contributed by atoms with Crippen molar-refractivity contribution in [3.8, 4) is 0 Å². The zero-order chi connectivity index (χ0) is 31.5. The third kappa shape index (κ3) is 12.8. The summed E-state index contributed by atoms with van der Waals surface area (Å²) in [5, 5.41) is 8.28. The van der Waals surface area contributed by atoms with E-state index in [0.29, 0.717) is 25.9 Å². The second kappa shape index (κ2) is 19.9. The molecule has 1 saturated heterocycles. The average molecular weight is 713 g/mol. The second-order valence-electron chi connectivity index (χ2n) is 11.4. The Morgan fingerprint density at radius 3 is 2.28 bits per heavy atom. The van der Waals surface area contributed by atoms with Gasteiger partial charge < -0.3 is 35.9 Å². The molecule has 258 valence electrons. The Labute approximate surface area is 293 Å². The van der Waals surface area contributed by atoms with Crippen molar-refractivity contribution >= 4 is 66.7 Å². The van der Waals surface area contributed by atoms with E-state index in [9.17, 15) is 19.2 Å². The lowest BCUT2D eigenvalue weighted by atomic mass is 10.1. The summed E-state index contributed by atoms with van der Waals surface area (Å²) in [7, 11) is 0. The number of amides is 4. The first kappa shape index (κ1) is 41.3. The average Bonchev–Trinajstić information content (AvgIpc) is 3.67. The van der Waals surface area contributed by atoms with Gasteiger partial charge in [0.25, 0.3) is 5.91 Å². The van der Waals surface area contributed by atoms with Crippen molar-refractivity contribution in [2.24, 2.45) is 5.73 Å². The molecule has 0 bridgehead atoms. The summed E-state index contributed by atoms with van der Waals surface area (Å²) in [6, 6.07) is 17.8. The molecule has 12 nitrogen and oxygen atoms in total. The van der Waals surface area contributed by atoms with E-state index in [1.54, 1.807) is 23.3 Å². The highest BCUT2D eigenvalue weighted by molar-refractivity contribution is 5.98. The van der Waals surface area contributed by atoms with Crippen molar-refractivity contribution in [2.45, 2.75) is 63.9 Å². The van der Waals surface area contributed by atoms with E-state index < -0.39 is 29.4 Å². The van der Waals surface area contributed by atoms with Gasteiger partial charge in [0, 0.05) is 19.3 Å². The standard InChI is InChI=1S/C32H41N7O5.3ClH/c1-32(2,33)31(43)36-25(21-44-20-24-12-7-4-8-13-24)29(41)37-27-18-38(22-35-27)19-28(40)39-17-9-14-26(39)30(42)34-16-15-23-10-5-3-6-11-23;;;/h3-8,10-13,18,22,25-26H,9,14-17,19-21,33H2,1-2H3,(H,34,42)(H,36,43)(H,37,41);3*1H/t25-,26-;;;/m1.../s1. The fourth-order valence-electron chi connectivity index (χ4n) is 4.80. The van der Waals surface area contributed by atoms with Crippen LogP contribution in [0.1, 0.15) is 37.8 Å². The molecule has 1 aromatic heterocycles. The molecule has 2 heterocycles. The van der Waals surface area contributed by atoms with E-state index in [4.69, 9.17) is 10.5 Å². The number of nitrogens with zero attached hydrogens (tertiary/aromatic N) is 3. The van der Waals surface area contributed by atoms with Gasteiger partial charge in [0.2, 0.25) is 17.7 Å². The molecule has 4 amide bonds. The number of rotatable bonds is 14. The third-order valence-electron chi connectivity index (χ3n) is 7.24. The molecule has 0 radical (unpaired) electrons. The van der Waals surface area contributed by atoms with Crippen LogP contribution in [0.4, 0.5) is 5.82 Å². The summed E-state index contributed by atoms with van der Waals surface area (Å²) in [4.78, 5) is 57.5. The number of nitrogens with one attached hydrogen (secondary N) is 3. The summed E-state index contributed by atoms with van der Waals surface area (Å²) in [6.07, 6.45) is 5.02. The van der Waals surface area contributed by atoms with Gasteiger partial charge >= 0.3 is 0 Å². The first-order chi connectivity index (χ1) is 21.1. The highest BCUT2D eigenvalue weighted by atomic mass is 35.5. The van der Waals surface area contributed by atoms with Gasteiger partial charge in [-0.1, -0.05) is 60.7 Å². The molecule has 5 N–H and O–H groups in total. The van der Waals surface area contributed by atoms with Crippen molar-refractivity contribution in [3.63, 3.8) is 0 Å². The highest BCUT2D eigenvalue weighted by Crippen LogP contribution is 2.18. The van der Waals surface area contributed by atoms with Crippen LogP contribution in [-0.2, 0) is 43.5 Å². The summed E-state index contributed by atoms with van der Waals surface area (Å²) in [5.74, 6) is -1.23. The molecule has 1 aliphatic rings. The fraction of sp³-hybridized carbons (Fsp3) is 0.406. The van der Waals surface area contributed by atoms with E-state index in [0.717, 1.165) is 17.5 Å². The Balaban J connectivity index is 0.00000368. The number of aromatic nitrogens is 2. The molecule has 2 aromatic carbocycles. The summed E-state index contributed by atoms with van der Waals surface area (Å²) in [5.41, 5.74) is 6.77. The van der Waals surface area contributed by atoms with Gasteiger partial charge in [0.15, 0.2) is 5.82 Å². The van der Waals surface area contributed by atoms with Crippen LogP contribution in [-0.4, -0.2) is 75.4 Å². The van der Waals surface area contributed by atoms with Gasteiger partial charge in [-0.3, -0.25) is 19.2 Å². The number of likely N-dealkylation sites (tertiary alicyclic amines) is 1. The van der Waals surface area contributed by atoms with Gasteiger partial charge in [-0.25, -0.2) is 4.98 Å². The Bertz CT molecular complexity index is 1420. The minimum absolute atomic E-state index is 0. The number of anilines is 1. The van der Waals surface area contributed by atoms with Crippen LogP contribution >= 0.6 is 37.2 Å². The number of carbonyl (C=O) groups is 4. The molecule has 47 heavy (non-hydrogen) atoms. The number of ether oxygens (including phenoxy) is 1. The number of benzene rings is 2. The molecule has 1 fully saturated rings. The van der Waals surface area contributed by atoms with Crippen molar-refractivity contribution in [1.29, 1.82) is 0 Å². The van der Waals surface area contributed by atoms with Crippen LogP contribution < -0.4 is 21.7 Å². The zero-order valence-corrected chi connectivity index (χ0v) is 28.9. The second-order valence-corrected chi connectivity index (χ2v) is 11.4.